The number of rotatable bonds is 6. The second-order valence-electron chi connectivity index (χ2n) is 7.21. The first-order valence-corrected chi connectivity index (χ1v) is 9.46. The average molecular weight is 369 g/mol. The van der Waals surface area contributed by atoms with Crippen molar-refractivity contribution >= 4 is 5.91 Å². The van der Waals surface area contributed by atoms with E-state index in [-0.39, 0.29) is 12.0 Å². The molecule has 1 unspecified atom stereocenters. The summed E-state index contributed by atoms with van der Waals surface area (Å²) in [6, 6.07) is 11.8. The number of amides is 1. The van der Waals surface area contributed by atoms with E-state index in [0.29, 0.717) is 30.6 Å². The largest absolute Gasteiger partial charge is 0.480 e. The lowest BCUT2D eigenvalue weighted by molar-refractivity contribution is -0.133. The fourth-order valence-electron chi connectivity index (χ4n) is 3.22. The van der Waals surface area contributed by atoms with Gasteiger partial charge in [-0.15, -0.1) is 10.2 Å². The van der Waals surface area contributed by atoms with E-state index in [2.05, 4.69) is 48.3 Å². The normalized spacial score (nSPS) is 17.0. The van der Waals surface area contributed by atoms with E-state index in [1.54, 1.807) is 19.2 Å². The molecule has 2 aromatic rings. The molecule has 0 spiro atoms. The Bertz CT molecular complexity index is 744. The molecule has 1 fully saturated rings. The van der Waals surface area contributed by atoms with Gasteiger partial charge in [0.2, 0.25) is 17.7 Å². The molecule has 0 saturated carbocycles. The smallest absolute Gasteiger partial charge is 0.233 e. The Morgan fingerprint density at radius 2 is 1.85 bits per heavy atom. The minimum Gasteiger partial charge on any atom is -0.480 e. The SMILES string of the molecule is COc1ccc(OC2CCCN(C(=O)Cc3ccc(C(C)C)cc3)C2)nn1. The van der Waals surface area contributed by atoms with Crippen LogP contribution in [0.3, 0.4) is 0 Å². The first kappa shape index (κ1) is 19.1. The van der Waals surface area contributed by atoms with E-state index in [0.717, 1.165) is 24.9 Å². The van der Waals surface area contributed by atoms with Gasteiger partial charge in [0.15, 0.2) is 0 Å². The van der Waals surface area contributed by atoms with E-state index in [1.807, 2.05) is 4.90 Å². The predicted molar refractivity (Wildman–Crippen MR) is 103 cm³/mol. The standard InChI is InChI=1S/C21H27N3O3/c1-15(2)17-8-6-16(7-9-17)13-21(25)24-12-4-5-18(14-24)27-20-11-10-19(26-3)22-23-20/h6-11,15,18H,4-5,12-14H2,1-3H3. The molecule has 0 N–H and O–H groups in total. The van der Waals surface area contributed by atoms with Gasteiger partial charge >= 0.3 is 0 Å². The molecule has 1 aliphatic rings. The molecule has 1 atom stereocenters. The van der Waals surface area contributed by atoms with Crippen LogP contribution >= 0.6 is 0 Å². The molecule has 1 amide bonds. The monoisotopic (exact) mass is 369 g/mol. The third kappa shape index (κ3) is 5.18. The van der Waals surface area contributed by atoms with Crippen LogP contribution in [0, 0.1) is 0 Å². The van der Waals surface area contributed by atoms with Gasteiger partial charge in [-0.2, -0.15) is 0 Å². The van der Waals surface area contributed by atoms with Crippen molar-refractivity contribution < 1.29 is 14.3 Å². The van der Waals surface area contributed by atoms with Crippen LogP contribution in [0.25, 0.3) is 0 Å². The lowest BCUT2D eigenvalue weighted by Gasteiger charge is -2.32. The Balaban J connectivity index is 1.55. The first-order chi connectivity index (χ1) is 13.0. The highest BCUT2D eigenvalue weighted by atomic mass is 16.5. The molecule has 144 valence electrons. The van der Waals surface area contributed by atoms with Crippen LogP contribution in [-0.2, 0) is 11.2 Å². The number of hydrogen-bond donors (Lipinski definition) is 0. The molecule has 6 nitrogen and oxygen atoms in total. The summed E-state index contributed by atoms with van der Waals surface area (Å²) in [5.41, 5.74) is 2.34. The number of methoxy groups -OCH3 is 1. The summed E-state index contributed by atoms with van der Waals surface area (Å²) < 4.78 is 10.9. The second kappa shape index (κ2) is 8.84. The van der Waals surface area contributed by atoms with E-state index in [9.17, 15) is 4.79 Å². The molecule has 1 aromatic carbocycles. The van der Waals surface area contributed by atoms with Crippen LogP contribution in [0.4, 0.5) is 0 Å². The molecule has 1 aliphatic heterocycles. The topological polar surface area (TPSA) is 64.6 Å². The van der Waals surface area contributed by atoms with Gasteiger partial charge in [-0.3, -0.25) is 4.79 Å². The zero-order chi connectivity index (χ0) is 19.2. The van der Waals surface area contributed by atoms with Crippen molar-refractivity contribution in [2.24, 2.45) is 0 Å². The maximum Gasteiger partial charge on any atom is 0.233 e. The molecular weight excluding hydrogens is 342 g/mol. The maximum absolute atomic E-state index is 12.7. The maximum atomic E-state index is 12.7. The number of ether oxygens (including phenoxy) is 2. The summed E-state index contributed by atoms with van der Waals surface area (Å²) in [4.78, 5) is 14.6. The van der Waals surface area contributed by atoms with Crippen molar-refractivity contribution in [3.63, 3.8) is 0 Å². The highest BCUT2D eigenvalue weighted by molar-refractivity contribution is 5.79. The molecule has 27 heavy (non-hydrogen) atoms. The molecule has 1 saturated heterocycles. The van der Waals surface area contributed by atoms with Gasteiger partial charge in [0.05, 0.1) is 20.1 Å². The molecule has 0 bridgehead atoms. The van der Waals surface area contributed by atoms with Gasteiger partial charge in [0.1, 0.15) is 6.10 Å². The number of nitrogens with zero attached hydrogens (tertiary/aromatic N) is 3. The molecular formula is C21H27N3O3. The third-order valence-electron chi connectivity index (χ3n) is 4.84. The van der Waals surface area contributed by atoms with Gasteiger partial charge in [-0.05, 0) is 29.9 Å². The van der Waals surface area contributed by atoms with Gasteiger partial charge in [-0.1, -0.05) is 38.1 Å². The van der Waals surface area contributed by atoms with Crippen molar-refractivity contribution in [2.75, 3.05) is 20.2 Å². The fraction of sp³-hybridized carbons (Fsp3) is 0.476. The molecule has 3 rings (SSSR count). The highest BCUT2D eigenvalue weighted by Gasteiger charge is 2.25. The van der Waals surface area contributed by atoms with Crippen LogP contribution in [0.2, 0.25) is 0 Å². The van der Waals surface area contributed by atoms with E-state index < -0.39 is 0 Å². The lowest BCUT2D eigenvalue weighted by atomic mass is 10.0. The molecule has 0 aliphatic carbocycles. The molecule has 2 heterocycles. The molecule has 1 aromatic heterocycles. The summed E-state index contributed by atoms with van der Waals surface area (Å²) in [6.07, 6.45) is 2.19. The summed E-state index contributed by atoms with van der Waals surface area (Å²) >= 11 is 0. The summed E-state index contributed by atoms with van der Waals surface area (Å²) in [5, 5.41) is 7.92. The zero-order valence-electron chi connectivity index (χ0n) is 16.2. The molecule has 0 radical (unpaired) electrons. The van der Waals surface area contributed by atoms with Crippen molar-refractivity contribution in [1.82, 2.24) is 15.1 Å². The Hall–Kier alpha value is -2.63. The average Bonchev–Trinajstić information content (AvgIpc) is 2.69. The van der Waals surface area contributed by atoms with E-state index in [4.69, 9.17) is 9.47 Å². The minimum atomic E-state index is -0.0614. The first-order valence-electron chi connectivity index (χ1n) is 9.46. The van der Waals surface area contributed by atoms with Gasteiger partial charge in [0.25, 0.3) is 0 Å². The van der Waals surface area contributed by atoms with Crippen LogP contribution in [-0.4, -0.2) is 47.3 Å². The Labute approximate surface area is 160 Å². The van der Waals surface area contributed by atoms with Crippen LogP contribution in [0.1, 0.15) is 43.7 Å². The number of benzene rings is 1. The zero-order valence-corrected chi connectivity index (χ0v) is 16.2. The Kier molecular flexibility index (Phi) is 6.27. The Morgan fingerprint density at radius 3 is 2.48 bits per heavy atom. The lowest BCUT2D eigenvalue weighted by Crippen LogP contribution is -2.45. The van der Waals surface area contributed by atoms with Crippen molar-refractivity contribution in [1.29, 1.82) is 0 Å². The quantitative estimate of drug-likeness (QED) is 0.782. The number of hydrogen-bond acceptors (Lipinski definition) is 5. The summed E-state index contributed by atoms with van der Waals surface area (Å²) in [5.74, 6) is 1.54. The molecule has 6 heteroatoms. The van der Waals surface area contributed by atoms with Gasteiger partial charge < -0.3 is 14.4 Å². The van der Waals surface area contributed by atoms with Crippen LogP contribution < -0.4 is 9.47 Å². The van der Waals surface area contributed by atoms with Crippen molar-refractivity contribution in [2.45, 2.75) is 45.1 Å². The highest BCUT2D eigenvalue weighted by Crippen LogP contribution is 2.19. The van der Waals surface area contributed by atoms with Gasteiger partial charge in [-0.25, -0.2) is 0 Å². The van der Waals surface area contributed by atoms with E-state index >= 15 is 0 Å². The predicted octanol–water partition coefficient (Wildman–Crippen LogP) is 3.22. The summed E-state index contributed by atoms with van der Waals surface area (Å²) in [7, 11) is 1.55. The van der Waals surface area contributed by atoms with Crippen LogP contribution in [0.15, 0.2) is 36.4 Å². The number of carbonyl (C=O) groups is 1. The van der Waals surface area contributed by atoms with Crippen molar-refractivity contribution in [3.05, 3.63) is 47.5 Å². The minimum absolute atomic E-state index is 0.0614. The number of piperidine rings is 1. The number of likely N-dealkylation sites (tertiary alicyclic amines) is 1. The van der Waals surface area contributed by atoms with E-state index in [1.165, 1.54) is 5.56 Å². The Morgan fingerprint density at radius 1 is 1.15 bits per heavy atom. The second-order valence-corrected chi connectivity index (χ2v) is 7.21. The third-order valence-corrected chi connectivity index (χ3v) is 4.84. The number of aromatic nitrogens is 2. The fourth-order valence-corrected chi connectivity index (χ4v) is 3.22. The summed E-state index contributed by atoms with van der Waals surface area (Å²) in [6.45, 7) is 5.69. The number of carbonyl (C=O) groups excluding carboxylic acids is 1. The van der Waals surface area contributed by atoms with Crippen molar-refractivity contribution in [3.8, 4) is 11.8 Å². The van der Waals surface area contributed by atoms with Crippen LogP contribution in [0.5, 0.6) is 11.8 Å². The van der Waals surface area contributed by atoms with Gasteiger partial charge in [0, 0.05) is 18.7 Å².